The zero-order valence-corrected chi connectivity index (χ0v) is 18.5. The Morgan fingerprint density at radius 1 is 1.17 bits per heavy atom. The number of ether oxygens (including phenoxy) is 1. The van der Waals surface area contributed by atoms with Gasteiger partial charge in [-0.2, -0.15) is 0 Å². The maximum Gasteiger partial charge on any atom is 0.225 e. The molecule has 6 nitrogen and oxygen atoms in total. The minimum atomic E-state index is -3.17. The van der Waals surface area contributed by atoms with Crippen LogP contribution >= 0.6 is 11.6 Å². The number of nitrogens with zero attached hydrogens (tertiary/aromatic N) is 3. The van der Waals surface area contributed by atoms with Gasteiger partial charge in [-0.05, 0) is 61.8 Å². The van der Waals surface area contributed by atoms with Gasteiger partial charge in [-0.25, -0.2) is 18.4 Å². The molecule has 1 aliphatic rings. The largest absolute Gasteiger partial charge is 0.494 e. The minimum absolute atomic E-state index is 0.313. The molecular formula is C21H28ClN3O3S. The van der Waals surface area contributed by atoms with Crippen molar-refractivity contribution < 1.29 is 13.2 Å². The van der Waals surface area contributed by atoms with Gasteiger partial charge in [0.2, 0.25) is 5.95 Å². The highest BCUT2D eigenvalue weighted by molar-refractivity contribution is 7.90. The van der Waals surface area contributed by atoms with Crippen LogP contribution in [-0.4, -0.2) is 44.3 Å². The average Bonchev–Trinajstić information content (AvgIpc) is 2.69. The van der Waals surface area contributed by atoms with Crippen LogP contribution in [0.3, 0.4) is 0 Å². The Morgan fingerprint density at radius 2 is 1.79 bits per heavy atom. The molecule has 0 radical (unpaired) electrons. The molecule has 3 rings (SSSR count). The number of aromatic nitrogens is 2. The number of rotatable bonds is 8. The third kappa shape index (κ3) is 6.57. The molecular weight excluding hydrogens is 410 g/mol. The van der Waals surface area contributed by atoms with E-state index in [1.54, 1.807) is 36.7 Å². The lowest BCUT2D eigenvalue weighted by molar-refractivity contribution is 0.252. The fourth-order valence-corrected chi connectivity index (χ4v) is 4.41. The van der Waals surface area contributed by atoms with E-state index in [0.29, 0.717) is 34.1 Å². The zero-order valence-electron chi connectivity index (χ0n) is 16.9. The molecule has 1 aliphatic heterocycles. The first-order valence-corrected chi connectivity index (χ1v) is 12.2. The maximum atomic E-state index is 11.5. The molecule has 2 aromatic rings. The molecule has 8 heteroatoms. The Labute approximate surface area is 178 Å². The van der Waals surface area contributed by atoms with Gasteiger partial charge in [0.25, 0.3) is 0 Å². The standard InChI is InChI=1S/C21H28ClN3O3S/c1-16(9-12-28-19-3-5-20(6-4-19)29(2,26)27)13-17-7-10-25(11-8-17)21-23-14-18(22)15-24-21/h3-6,14-17H,7-13H2,1-2H3/t16-/m0/s1. The number of benzene rings is 1. The van der Waals surface area contributed by atoms with Crippen LogP contribution in [0.4, 0.5) is 5.95 Å². The highest BCUT2D eigenvalue weighted by atomic mass is 35.5. The van der Waals surface area contributed by atoms with E-state index < -0.39 is 9.84 Å². The smallest absolute Gasteiger partial charge is 0.225 e. The van der Waals surface area contributed by atoms with Crippen molar-refractivity contribution in [2.24, 2.45) is 11.8 Å². The van der Waals surface area contributed by atoms with Gasteiger partial charge in [0.1, 0.15) is 5.75 Å². The molecule has 1 aromatic carbocycles. The van der Waals surface area contributed by atoms with Crippen LogP contribution in [0.5, 0.6) is 5.75 Å². The lowest BCUT2D eigenvalue weighted by Crippen LogP contribution is -2.35. The quantitative estimate of drug-likeness (QED) is 0.614. The lowest BCUT2D eigenvalue weighted by Gasteiger charge is -2.33. The second kappa shape index (κ2) is 9.76. The molecule has 0 spiro atoms. The first-order valence-electron chi connectivity index (χ1n) is 9.96. The van der Waals surface area contributed by atoms with E-state index in [1.165, 1.54) is 12.7 Å². The molecule has 2 heterocycles. The van der Waals surface area contributed by atoms with Gasteiger partial charge in [0.05, 0.1) is 28.9 Å². The number of anilines is 1. The molecule has 1 saturated heterocycles. The van der Waals surface area contributed by atoms with Crippen LogP contribution in [0.15, 0.2) is 41.6 Å². The Bertz CT molecular complexity index is 880. The van der Waals surface area contributed by atoms with Crippen molar-refractivity contribution in [1.82, 2.24) is 9.97 Å². The van der Waals surface area contributed by atoms with Crippen molar-refractivity contribution in [2.45, 2.75) is 37.5 Å². The van der Waals surface area contributed by atoms with Gasteiger partial charge in [-0.3, -0.25) is 0 Å². The first-order chi connectivity index (χ1) is 13.8. The van der Waals surface area contributed by atoms with Crippen LogP contribution in [0, 0.1) is 11.8 Å². The van der Waals surface area contributed by atoms with E-state index in [-0.39, 0.29) is 0 Å². The molecule has 29 heavy (non-hydrogen) atoms. The fourth-order valence-electron chi connectivity index (χ4n) is 3.69. The molecule has 1 aromatic heterocycles. The monoisotopic (exact) mass is 437 g/mol. The summed E-state index contributed by atoms with van der Waals surface area (Å²) in [7, 11) is -3.17. The van der Waals surface area contributed by atoms with Crippen LogP contribution in [0.25, 0.3) is 0 Å². The first kappa shape index (κ1) is 21.8. The number of halogens is 1. The molecule has 0 amide bonds. The van der Waals surface area contributed by atoms with Crippen LogP contribution in [-0.2, 0) is 9.84 Å². The highest BCUT2D eigenvalue weighted by Crippen LogP contribution is 2.27. The van der Waals surface area contributed by atoms with Gasteiger partial charge in [-0.15, -0.1) is 0 Å². The van der Waals surface area contributed by atoms with Crippen LogP contribution in [0.2, 0.25) is 5.02 Å². The van der Waals surface area contributed by atoms with Crippen molar-refractivity contribution in [3.63, 3.8) is 0 Å². The summed E-state index contributed by atoms with van der Waals surface area (Å²) in [5.74, 6) is 2.76. The van der Waals surface area contributed by atoms with Gasteiger partial charge >= 0.3 is 0 Å². The summed E-state index contributed by atoms with van der Waals surface area (Å²) in [5.41, 5.74) is 0. The second-order valence-corrected chi connectivity index (χ2v) is 10.3. The summed E-state index contributed by atoms with van der Waals surface area (Å²) in [6, 6.07) is 6.61. The molecule has 158 valence electrons. The minimum Gasteiger partial charge on any atom is -0.494 e. The summed E-state index contributed by atoms with van der Waals surface area (Å²) >= 11 is 5.86. The molecule has 0 saturated carbocycles. The Hall–Kier alpha value is -1.86. The predicted octanol–water partition coefficient (Wildman–Crippen LogP) is 4.25. The molecule has 1 fully saturated rings. The lowest BCUT2D eigenvalue weighted by atomic mass is 9.87. The molecule has 1 atom stereocenters. The van der Waals surface area contributed by atoms with Crippen molar-refractivity contribution in [3.05, 3.63) is 41.7 Å². The van der Waals surface area contributed by atoms with Crippen molar-refractivity contribution in [3.8, 4) is 5.75 Å². The SMILES string of the molecule is C[C@@H](CCOc1ccc(S(C)(=O)=O)cc1)CC1CCN(c2ncc(Cl)cn2)CC1. The summed E-state index contributed by atoms with van der Waals surface area (Å²) in [6.45, 7) is 4.85. The van der Waals surface area contributed by atoms with E-state index in [2.05, 4.69) is 21.8 Å². The summed E-state index contributed by atoms with van der Waals surface area (Å²) in [5, 5.41) is 0.561. The second-order valence-electron chi connectivity index (χ2n) is 7.85. The molecule has 0 N–H and O–H groups in total. The summed E-state index contributed by atoms with van der Waals surface area (Å²) in [6.07, 6.45) is 8.95. The molecule has 0 unspecified atom stereocenters. The van der Waals surface area contributed by atoms with Crippen molar-refractivity contribution in [2.75, 3.05) is 30.9 Å². The Balaban J connectivity index is 1.37. The maximum absolute atomic E-state index is 11.5. The number of piperidine rings is 1. The third-order valence-electron chi connectivity index (χ3n) is 5.37. The number of hydrogen-bond donors (Lipinski definition) is 0. The normalized spacial score (nSPS) is 16.6. The predicted molar refractivity (Wildman–Crippen MR) is 115 cm³/mol. The van der Waals surface area contributed by atoms with Crippen molar-refractivity contribution >= 4 is 27.4 Å². The van der Waals surface area contributed by atoms with Crippen molar-refractivity contribution in [1.29, 1.82) is 0 Å². The zero-order chi connectivity index (χ0) is 20.9. The summed E-state index contributed by atoms with van der Waals surface area (Å²) < 4.78 is 28.8. The van der Waals surface area contributed by atoms with Gasteiger partial charge in [0.15, 0.2) is 9.84 Å². The number of sulfone groups is 1. The van der Waals surface area contributed by atoms with Gasteiger partial charge in [0, 0.05) is 19.3 Å². The highest BCUT2D eigenvalue weighted by Gasteiger charge is 2.22. The van der Waals surface area contributed by atoms with E-state index in [4.69, 9.17) is 16.3 Å². The topological polar surface area (TPSA) is 72.4 Å². The van der Waals surface area contributed by atoms with Gasteiger partial charge < -0.3 is 9.64 Å². The third-order valence-corrected chi connectivity index (χ3v) is 6.69. The van der Waals surface area contributed by atoms with Crippen LogP contribution < -0.4 is 9.64 Å². The molecule has 0 aliphatic carbocycles. The van der Waals surface area contributed by atoms with Crippen LogP contribution in [0.1, 0.15) is 32.6 Å². The van der Waals surface area contributed by atoms with E-state index in [1.807, 2.05) is 0 Å². The van der Waals surface area contributed by atoms with Gasteiger partial charge in [-0.1, -0.05) is 18.5 Å². The Morgan fingerprint density at radius 3 is 2.38 bits per heavy atom. The van der Waals surface area contributed by atoms with E-state index >= 15 is 0 Å². The Kier molecular flexibility index (Phi) is 7.35. The summed E-state index contributed by atoms with van der Waals surface area (Å²) in [4.78, 5) is 11.2. The van der Waals surface area contributed by atoms with E-state index in [9.17, 15) is 8.42 Å². The van der Waals surface area contributed by atoms with E-state index in [0.717, 1.165) is 38.3 Å². The number of hydrogen-bond acceptors (Lipinski definition) is 6. The average molecular weight is 438 g/mol. The fraction of sp³-hybridized carbons (Fsp3) is 0.524. The molecule has 0 bridgehead atoms.